The van der Waals surface area contributed by atoms with Crippen molar-refractivity contribution in [2.75, 3.05) is 5.32 Å². The van der Waals surface area contributed by atoms with Crippen molar-refractivity contribution in [3.05, 3.63) is 96.6 Å². The summed E-state index contributed by atoms with van der Waals surface area (Å²) < 4.78 is 17.0. The molecule has 1 N–H and O–H groups in total. The molecule has 0 unspecified atom stereocenters. The van der Waals surface area contributed by atoms with Crippen LogP contribution in [0, 0.1) is 5.82 Å². The summed E-state index contributed by atoms with van der Waals surface area (Å²) in [6, 6.07) is 23.1. The minimum absolute atomic E-state index is 0.259. The van der Waals surface area contributed by atoms with Crippen molar-refractivity contribution in [2.45, 2.75) is 0 Å². The number of carbonyl (C=O) groups excluding carboxylic acids is 1. The van der Waals surface area contributed by atoms with Gasteiger partial charge in [-0.15, -0.1) is 0 Å². The van der Waals surface area contributed by atoms with Gasteiger partial charge in [0.15, 0.2) is 0 Å². The van der Waals surface area contributed by atoms with Gasteiger partial charge in [-0.1, -0.05) is 36.4 Å². The smallest absolute Gasteiger partial charge is 0.256 e. The molecule has 0 aliphatic heterocycles. The molecule has 152 valence electrons. The predicted octanol–water partition coefficient (Wildman–Crippen LogP) is 4.82. The summed E-state index contributed by atoms with van der Waals surface area (Å²) in [4.78, 5) is 17.2. The van der Waals surface area contributed by atoms with E-state index in [9.17, 15) is 9.18 Å². The number of nitrogens with zero attached hydrogens (tertiary/aromatic N) is 4. The van der Waals surface area contributed by atoms with Crippen molar-refractivity contribution in [3.8, 4) is 16.9 Å². The zero-order valence-corrected chi connectivity index (χ0v) is 16.7. The molecule has 5 rings (SSSR count). The number of amides is 1. The molecule has 0 atom stereocenters. The highest BCUT2D eigenvalue weighted by atomic mass is 19.1. The van der Waals surface area contributed by atoms with Gasteiger partial charge < -0.3 is 5.32 Å². The lowest BCUT2D eigenvalue weighted by Gasteiger charge is -2.07. The van der Waals surface area contributed by atoms with Gasteiger partial charge in [-0.2, -0.15) is 5.10 Å². The first kappa shape index (κ1) is 18.7. The van der Waals surface area contributed by atoms with Gasteiger partial charge in [-0.3, -0.25) is 14.0 Å². The first-order valence-corrected chi connectivity index (χ1v) is 9.72. The van der Waals surface area contributed by atoms with Gasteiger partial charge in [0.05, 0.1) is 22.4 Å². The molecule has 3 aromatic carbocycles. The monoisotopic (exact) mass is 411 g/mol. The zero-order valence-electron chi connectivity index (χ0n) is 16.7. The summed E-state index contributed by atoms with van der Waals surface area (Å²) in [5.74, 6) is 0.0143. The van der Waals surface area contributed by atoms with E-state index in [4.69, 9.17) is 0 Å². The van der Waals surface area contributed by atoms with Crippen molar-refractivity contribution in [2.24, 2.45) is 7.05 Å². The Kier molecular flexibility index (Phi) is 4.55. The molecule has 2 aromatic heterocycles. The largest absolute Gasteiger partial charge is 0.307 e. The molecule has 1 amide bonds. The molecule has 0 aliphatic carbocycles. The lowest BCUT2D eigenvalue weighted by Crippen LogP contribution is -2.14. The van der Waals surface area contributed by atoms with Crippen LogP contribution >= 0.6 is 0 Å². The van der Waals surface area contributed by atoms with E-state index in [0.717, 1.165) is 16.8 Å². The minimum Gasteiger partial charge on any atom is -0.307 e. The van der Waals surface area contributed by atoms with Gasteiger partial charge in [0.1, 0.15) is 18.0 Å². The molecule has 0 radical (unpaired) electrons. The van der Waals surface area contributed by atoms with Crippen LogP contribution in [0.25, 0.3) is 28.0 Å². The van der Waals surface area contributed by atoms with E-state index in [1.54, 1.807) is 53.0 Å². The predicted molar refractivity (Wildman–Crippen MR) is 118 cm³/mol. The molecule has 0 aliphatic rings. The molecule has 7 heteroatoms. The van der Waals surface area contributed by atoms with Crippen LogP contribution in [0.4, 0.5) is 10.2 Å². The number of benzene rings is 3. The van der Waals surface area contributed by atoms with Gasteiger partial charge in [0.25, 0.3) is 5.91 Å². The summed E-state index contributed by atoms with van der Waals surface area (Å²) in [6.07, 6.45) is 1.62. The Balaban J connectivity index is 1.41. The van der Waals surface area contributed by atoms with Crippen molar-refractivity contribution >= 4 is 22.8 Å². The van der Waals surface area contributed by atoms with E-state index in [1.807, 2.05) is 36.4 Å². The third-order valence-corrected chi connectivity index (χ3v) is 5.09. The second kappa shape index (κ2) is 7.53. The van der Waals surface area contributed by atoms with E-state index in [-0.39, 0.29) is 11.7 Å². The molecule has 31 heavy (non-hydrogen) atoms. The normalized spacial score (nSPS) is 11.0. The van der Waals surface area contributed by atoms with Gasteiger partial charge in [-0.05, 0) is 36.4 Å². The molecule has 6 nitrogen and oxygen atoms in total. The Bertz CT molecular complexity index is 1400. The number of halogens is 1. The van der Waals surface area contributed by atoms with Gasteiger partial charge in [0.2, 0.25) is 0 Å². The third kappa shape index (κ3) is 3.57. The van der Waals surface area contributed by atoms with E-state index in [0.29, 0.717) is 22.6 Å². The SMILES string of the molecule is Cn1nc(-c2ccccc2)cc1NC(=O)c1ccc2c(c1)ncn2-c1cccc(F)c1. The number of aryl methyl sites for hydroxylation is 1. The minimum atomic E-state index is -0.318. The van der Waals surface area contributed by atoms with E-state index in [1.165, 1.54) is 12.1 Å². The maximum atomic E-state index is 13.6. The van der Waals surface area contributed by atoms with Crippen LogP contribution in [-0.2, 0) is 7.05 Å². The van der Waals surface area contributed by atoms with Crippen LogP contribution in [0.2, 0.25) is 0 Å². The van der Waals surface area contributed by atoms with E-state index < -0.39 is 0 Å². The number of nitrogens with one attached hydrogen (secondary N) is 1. The number of aromatic nitrogens is 4. The molecule has 5 aromatic rings. The second-order valence-corrected chi connectivity index (χ2v) is 7.16. The lowest BCUT2D eigenvalue weighted by molar-refractivity contribution is 0.102. The van der Waals surface area contributed by atoms with Crippen LogP contribution in [0.15, 0.2) is 85.2 Å². The van der Waals surface area contributed by atoms with Crippen LogP contribution in [0.1, 0.15) is 10.4 Å². The number of anilines is 1. The summed E-state index contributed by atoms with van der Waals surface area (Å²) in [7, 11) is 1.78. The fraction of sp³-hybridized carbons (Fsp3) is 0.0417. The fourth-order valence-electron chi connectivity index (χ4n) is 3.51. The number of fused-ring (bicyclic) bond motifs is 1. The Morgan fingerprint density at radius 1 is 0.968 bits per heavy atom. The highest BCUT2D eigenvalue weighted by Crippen LogP contribution is 2.23. The maximum Gasteiger partial charge on any atom is 0.256 e. The van der Waals surface area contributed by atoms with Crippen molar-refractivity contribution < 1.29 is 9.18 Å². The highest BCUT2D eigenvalue weighted by molar-refractivity contribution is 6.05. The number of hydrogen-bond donors (Lipinski definition) is 1. The van der Waals surface area contributed by atoms with Gasteiger partial charge >= 0.3 is 0 Å². The molecule has 0 fully saturated rings. The summed E-state index contributed by atoms with van der Waals surface area (Å²) in [5, 5.41) is 7.38. The molecular weight excluding hydrogens is 393 g/mol. The summed E-state index contributed by atoms with van der Waals surface area (Å²) in [6.45, 7) is 0. The molecular formula is C24H18FN5O. The Hall–Kier alpha value is -4.26. The van der Waals surface area contributed by atoms with Crippen molar-refractivity contribution in [1.29, 1.82) is 0 Å². The third-order valence-electron chi connectivity index (χ3n) is 5.09. The Labute approximate surface area is 177 Å². The number of imidazole rings is 1. The highest BCUT2D eigenvalue weighted by Gasteiger charge is 2.14. The molecule has 0 bridgehead atoms. The fourth-order valence-corrected chi connectivity index (χ4v) is 3.51. The average molecular weight is 411 g/mol. The first-order valence-electron chi connectivity index (χ1n) is 9.72. The number of carbonyl (C=O) groups is 1. The first-order chi connectivity index (χ1) is 15.1. The Morgan fingerprint density at radius 2 is 1.81 bits per heavy atom. The number of rotatable bonds is 4. The van der Waals surface area contributed by atoms with Crippen LogP contribution in [0.5, 0.6) is 0 Å². The standard InChI is InChI=1S/C24H18FN5O/c1-29-23(14-20(28-29)16-6-3-2-4-7-16)27-24(31)17-10-11-22-21(12-17)26-15-30(22)19-9-5-8-18(25)13-19/h2-15H,1H3,(H,27,31). The van der Waals surface area contributed by atoms with Crippen molar-refractivity contribution in [1.82, 2.24) is 19.3 Å². The molecule has 0 saturated heterocycles. The Morgan fingerprint density at radius 3 is 2.61 bits per heavy atom. The van der Waals surface area contributed by atoms with Gasteiger partial charge in [0, 0.05) is 24.2 Å². The molecule has 0 spiro atoms. The summed E-state index contributed by atoms with van der Waals surface area (Å²) >= 11 is 0. The van der Waals surface area contributed by atoms with Crippen LogP contribution in [-0.4, -0.2) is 25.2 Å². The zero-order chi connectivity index (χ0) is 21.4. The number of hydrogen-bond acceptors (Lipinski definition) is 3. The summed E-state index contributed by atoms with van der Waals surface area (Å²) in [5.41, 5.74) is 4.33. The molecule has 0 saturated carbocycles. The van der Waals surface area contributed by atoms with Gasteiger partial charge in [-0.25, -0.2) is 9.37 Å². The van der Waals surface area contributed by atoms with E-state index >= 15 is 0 Å². The van der Waals surface area contributed by atoms with Crippen LogP contribution < -0.4 is 5.32 Å². The van der Waals surface area contributed by atoms with E-state index in [2.05, 4.69) is 15.4 Å². The van der Waals surface area contributed by atoms with Crippen molar-refractivity contribution in [3.63, 3.8) is 0 Å². The second-order valence-electron chi connectivity index (χ2n) is 7.16. The quantitative estimate of drug-likeness (QED) is 0.461. The lowest BCUT2D eigenvalue weighted by atomic mass is 10.1. The molecule has 2 heterocycles. The topological polar surface area (TPSA) is 64.7 Å². The average Bonchev–Trinajstić information content (AvgIpc) is 3.37. The van der Waals surface area contributed by atoms with Crippen LogP contribution in [0.3, 0.4) is 0 Å². The maximum absolute atomic E-state index is 13.6.